The van der Waals surface area contributed by atoms with Crippen LogP contribution in [0.3, 0.4) is 0 Å². The van der Waals surface area contributed by atoms with Crippen molar-refractivity contribution in [1.82, 2.24) is 14.7 Å². The van der Waals surface area contributed by atoms with Crippen LogP contribution in [-0.2, 0) is 32.4 Å². The highest BCUT2D eigenvalue weighted by molar-refractivity contribution is 6.30. The molecule has 3 heterocycles. The van der Waals surface area contributed by atoms with Gasteiger partial charge in [0.25, 0.3) is 0 Å². The summed E-state index contributed by atoms with van der Waals surface area (Å²) in [7, 11) is 0. The van der Waals surface area contributed by atoms with Crippen molar-refractivity contribution in [3.8, 4) is 16.9 Å². The average Bonchev–Trinajstić information content (AvgIpc) is 3.49. The van der Waals surface area contributed by atoms with E-state index in [4.69, 9.17) is 16.7 Å². The minimum Gasteiger partial charge on any atom is -0.294 e. The third kappa shape index (κ3) is 4.32. The summed E-state index contributed by atoms with van der Waals surface area (Å²) in [5.41, 5.74) is 13.8. The molecule has 4 aromatic rings. The molecule has 0 radical (unpaired) electrons. The summed E-state index contributed by atoms with van der Waals surface area (Å²) >= 11 is 6.36. The molecule has 1 aromatic heterocycles. The Morgan fingerprint density at radius 3 is 2.55 bits per heavy atom. The lowest BCUT2D eigenvalue weighted by atomic mass is 9.97. The van der Waals surface area contributed by atoms with E-state index >= 15 is 0 Å². The minimum absolute atomic E-state index is 0.797. The van der Waals surface area contributed by atoms with Crippen molar-refractivity contribution >= 4 is 30.1 Å². The fourth-order valence-corrected chi connectivity index (χ4v) is 6.10. The Kier molecular flexibility index (Phi) is 6.55. The van der Waals surface area contributed by atoms with E-state index in [0.717, 1.165) is 49.6 Å². The topological polar surface area (TPSA) is 24.1 Å². The first-order valence-corrected chi connectivity index (χ1v) is 14.0. The summed E-state index contributed by atoms with van der Waals surface area (Å²) < 4.78 is 4.20. The highest BCUT2D eigenvalue weighted by atomic mass is 35.5. The van der Waals surface area contributed by atoms with Gasteiger partial charge in [0.15, 0.2) is 6.20 Å². The maximum Gasteiger partial charge on any atom is 0.217 e. The fraction of sp³-hybridized carbons (Fsp3) is 0.273. The molecule has 0 aliphatic carbocycles. The lowest BCUT2D eigenvalue weighted by Gasteiger charge is -2.27. The van der Waals surface area contributed by atoms with Gasteiger partial charge in [-0.2, -0.15) is 9.67 Å². The lowest BCUT2D eigenvalue weighted by molar-refractivity contribution is -0.343. The second-order valence-corrected chi connectivity index (χ2v) is 10.8. The van der Waals surface area contributed by atoms with Gasteiger partial charge >= 0.3 is 0 Å². The van der Waals surface area contributed by atoms with Gasteiger partial charge < -0.3 is 0 Å². The van der Waals surface area contributed by atoms with E-state index in [0.29, 0.717) is 0 Å². The van der Waals surface area contributed by atoms with Crippen molar-refractivity contribution in [3.63, 3.8) is 0 Å². The minimum atomic E-state index is 0.797. The number of hydrogen-bond acceptors (Lipinski definition) is 2. The molecular weight excluding hydrogens is 488 g/mol. The lowest BCUT2D eigenvalue weighted by Crippen LogP contribution is -2.30. The Labute approximate surface area is 230 Å². The van der Waals surface area contributed by atoms with Crippen LogP contribution in [0.25, 0.3) is 23.0 Å². The van der Waals surface area contributed by atoms with E-state index in [-0.39, 0.29) is 0 Å². The van der Waals surface area contributed by atoms with Gasteiger partial charge in [-0.25, -0.2) is 4.68 Å². The quantitative estimate of drug-likeness (QED) is 0.245. The van der Waals surface area contributed by atoms with Gasteiger partial charge in [-0.05, 0) is 66.3 Å². The van der Waals surface area contributed by atoms with E-state index in [2.05, 4.69) is 91.7 Å². The number of hydrogen-bond donors (Lipinski definition) is 0. The number of rotatable bonds is 6. The average molecular weight is 522 g/mol. The maximum absolute atomic E-state index is 6.36. The summed E-state index contributed by atoms with van der Waals surface area (Å²) in [6.07, 6.45) is 7.04. The van der Waals surface area contributed by atoms with Crippen LogP contribution in [0.1, 0.15) is 52.9 Å². The molecule has 2 aliphatic heterocycles. The van der Waals surface area contributed by atoms with E-state index in [9.17, 15) is 0 Å². The van der Waals surface area contributed by atoms with Crippen molar-refractivity contribution in [2.75, 3.05) is 6.54 Å². The van der Waals surface area contributed by atoms with Crippen LogP contribution in [0.5, 0.6) is 0 Å². The number of aryl methyl sites for hydroxylation is 3. The van der Waals surface area contributed by atoms with E-state index in [1.165, 1.54) is 56.0 Å². The molecule has 192 valence electrons. The largest absolute Gasteiger partial charge is 0.294 e. The van der Waals surface area contributed by atoms with E-state index in [1.807, 2.05) is 16.8 Å². The summed E-state index contributed by atoms with van der Waals surface area (Å²) in [6, 6.07) is 19.6. The van der Waals surface area contributed by atoms with Gasteiger partial charge in [0, 0.05) is 54.3 Å². The van der Waals surface area contributed by atoms with Gasteiger partial charge in [-0.3, -0.25) is 4.90 Å². The molecule has 0 saturated heterocycles. The van der Waals surface area contributed by atoms with Crippen molar-refractivity contribution in [1.29, 1.82) is 0 Å². The van der Waals surface area contributed by atoms with E-state index in [1.54, 1.807) is 0 Å². The molecule has 2 aliphatic rings. The summed E-state index contributed by atoms with van der Waals surface area (Å²) in [5, 5.41) is 6.12. The Hall–Kier alpha value is -3.47. The van der Waals surface area contributed by atoms with Gasteiger partial charge in [-0.15, -0.1) is 0 Å². The maximum atomic E-state index is 6.36. The summed E-state index contributed by atoms with van der Waals surface area (Å²) in [6.45, 7) is 13.5. The molecule has 0 spiro atoms. The first kappa shape index (κ1) is 24.8. The molecule has 38 heavy (non-hydrogen) atoms. The van der Waals surface area contributed by atoms with Crippen LogP contribution in [0.2, 0.25) is 5.02 Å². The first-order chi connectivity index (χ1) is 18.5. The predicted molar refractivity (Wildman–Crippen MR) is 158 cm³/mol. The number of halogens is 1. The summed E-state index contributed by atoms with van der Waals surface area (Å²) in [4.78, 5) is 2.54. The molecule has 0 atom stereocenters. The van der Waals surface area contributed by atoms with Gasteiger partial charge in [0.2, 0.25) is 5.69 Å². The molecule has 6 rings (SSSR count). The SMILES string of the molecule is C=[N+]1C=Cc2cc(-c3c4c(nn3-c3c(CC)cccc3CC)CCN(Cc3cc(Cl)ccc3C)C4)ccc21. The number of para-hydroxylation sites is 1. The molecule has 0 N–H and O–H groups in total. The van der Waals surface area contributed by atoms with Crippen LogP contribution in [0, 0.1) is 6.92 Å². The molecule has 3 aromatic carbocycles. The normalized spacial score (nSPS) is 14.7. The van der Waals surface area contributed by atoms with Crippen LogP contribution in [-0.4, -0.2) is 32.5 Å². The van der Waals surface area contributed by atoms with Crippen LogP contribution in [0.15, 0.2) is 60.8 Å². The molecule has 0 bridgehead atoms. The van der Waals surface area contributed by atoms with Gasteiger partial charge in [0.1, 0.15) is 6.72 Å². The Morgan fingerprint density at radius 2 is 1.79 bits per heavy atom. The van der Waals surface area contributed by atoms with Gasteiger partial charge in [0.05, 0.1) is 22.6 Å². The zero-order valence-electron chi connectivity index (χ0n) is 22.5. The number of nitrogens with zero attached hydrogens (tertiary/aromatic N) is 4. The molecule has 5 heteroatoms. The Bertz CT molecular complexity index is 1570. The number of benzene rings is 3. The standard InChI is InChI=1S/C33H34ClN4/c1-5-23-8-7-9-24(6-2)32(23)38-33(26-11-13-31-25(18-26)14-16-36(31)4)29-21-37(17-15-30(29)35-38)20-27-19-28(34)12-10-22(27)3/h7-14,16,18-19H,4-6,15,17,20-21H2,1-3H3/q+1. The highest BCUT2D eigenvalue weighted by Gasteiger charge is 2.29. The molecule has 0 fully saturated rings. The zero-order valence-corrected chi connectivity index (χ0v) is 23.2. The third-order valence-corrected chi connectivity index (χ3v) is 8.27. The smallest absolute Gasteiger partial charge is 0.217 e. The van der Waals surface area contributed by atoms with Crippen LogP contribution < -0.4 is 0 Å². The van der Waals surface area contributed by atoms with Gasteiger partial charge in [-0.1, -0.05) is 49.7 Å². The zero-order chi connectivity index (χ0) is 26.4. The van der Waals surface area contributed by atoms with E-state index < -0.39 is 0 Å². The first-order valence-electron chi connectivity index (χ1n) is 13.6. The van der Waals surface area contributed by atoms with Crippen molar-refractivity contribution in [2.45, 2.75) is 53.1 Å². The predicted octanol–water partition coefficient (Wildman–Crippen LogP) is 7.51. The third-order valence-electron chi connectivity index (χ3n) is 8.04. The van der Waals surface area contributed by atoms with Crippen LogP contribution >= 0.6 is 11.6 Å². The fourth-order valence-electron chi connectivity index (χ4n) is 5.91. The molecule has 0 amide bonds. The Balaban J connectivity index is 1.50. The highest BCUT2D eigenvalue weighted by Crippen LogP contribution is 2.38. The number of aromatic nitrogens is 2. The molecule has 4 nitrogen and oxygen atoms in total. The molecular formula is C33H34ClN4+. The van der Waals surface area contributed by atoms with Crippen molar-refractivity contribution < 1.29 is 4.58 Å². The second kappa shape index (κ2) is 10.0. The van der Waals surface area contributed by atoms with Crippen molar-refractivity contribution in [3.05, 3.63) is 105 Å². The van der Waals surface area contributed by atoms with Crippen molar-refractivity contribution in [2.24, 2.45) is 0 Å². The molecule has 0 unspecified atom stereocenters. The Morgan fingerprint density at radius 1 is 1.00 bits per heavy atom. The summed E-state index contributed by atoms with van der Waals surface area (Å²) in [5.74, 6) is 0. The molecule has 0 saturated carbocycles. The second-order valence-electron chi connectivity index (χ2n) is 10.4. The van der Waals surface area contributed by atoms with Crippen LogP contribution in [0.4, 0.5) is 5.69 Å². The monoisotopic (exact) mass is 521 g/mol. The number of fused-ring (bicyclic) bond motifs is 2.